The van der Waals surface area contributed by atoms with E-state index < -0.39 is 6.10 Å². The highest BCUT2D eigenvalue weighted by Gasteiger charge is 2.19. The van der Waals surface area contributed by atoms with Crippen LogP contribution in [-0.2, 0) is 9.59 Å². The van der Waals surface area contributed by atoms with Crippen LogP contribution in [0.4, 0.5) is 0 Å². The number of carbonyl (C=O) groups is 2. The maximum absolute atomic E-state index is 11.8. The third-order valence-corrected chi connectivity index (χ3v) is 4.05. The van der Waals surface area contributed by atoms with Crippen molar-refractivity contribution in [3.8, 4) is 5.75 Å². The van der Waals surface area contributed by atoms with E-state index in [0.29, 0.717) is 24.5 Å². The molecular weight excluding hydrogens is 280 g/mol. The van der Waals surface area contributed by atoms with Crippen molar-refractivity contribution in [2.45, 2.75) is 37.7 Å². The zero-order chi connectivity index (χ0) is 15.8. The minimum Gasteiger partial charge on any atom is -0.481 e. The average molecular weight is 304 g/mol. The maximum Gasteiger partial charge on any atom is 0.260 e. The molecule has 0 spiro atoms. The fraction of sp³-hybridized carbons (Fsp3) is 0.529. The largest absolute Gasteiger partial charge is 0.481 e. The molecule has 1 atom stereocenters. The van der Waals surface area contributed by atoms with Crippen LogP contribution in [0.2, 0.25) is 0 Å². The lowest BCUT2D eigenvalue weighted by Crippen LogP contribution is -2.36. The first-order valence-corrected chi connectivity index (χ1v) is 7.87. The molecule has 1 aromatic carbocycles. The molecule has 0 aliphatic carbocycles. The van der Waals surface area contributed by atoms with Crippen molar-refractivity contribution in [2.75, 3.05) is 20.1 Å². The number of nitrogens with one attached hydrogen (secondary N) is 2. The molecule has 0 saturated carbocycles. The fourth-order valence-corrected chi connectivity index (χ4v) is 2.76. The molecule has 1 aromatic rings. The lowest BCUT2D eigenvalue weighted by Gasteiger charge is -2.23. The number of amides is 1. The van der Waals surface area contributed by atoms with Gasteiger partial charge in [0.25, 0.3) is 5.91 Å². The van der Waals surface area contributed by atoms with E-state index in [1.807, 2.05) is 12.1 Å². The van der Waals surface area contributed by atoms with Gasteiger partial charge in [-0.15, -0.1) is 0 Å². The molecule has 0 bridgehead atoms. The molecular formula is C17H24N2O3. The van der Waals surface area contributed by atoms with E-state index in [4.69, 9.17) is 4.74 Å². The van der Waals surface area contributed by atoms with Gasteiger partial charge in [-0.05, 0) is 49.5 Å². The standard InChI is InChI=1S/C17H24N2O3/c1-18-17(21)16(3-2-12-20)22-15-6-4-13(5-7-15)14-8-10-19-11-9-14/h4-7,12,14,16,19H,2-3,8-11H2,1H3,(H,18,21). The summed E-state index contributed by atoms with van der Waals surface area (Å²) in [6.07, 6.45) is 3.19. The summed E-state index contributed by atoms with van der Waals surface area (Å²) in [5, 5.41) is 5.93. The van der Waals surface area contributed by atoms with Crippen LogP contribution in [-0.4, -0.2) is 38.4 Å². The van der Waals surface area contributed by atoms with E-state index in [1.165, 1.54) is 5.56 Å². The first kappa shape index (κ1) is 16.5. The van der Waals surface area contributed by atoms with Crippen LogP contribution in [0.25, 0.3) is 0 Å². The molecule has 0 aromatic heterocycles. The maximum atomic E-state index is 11.8. The lowest BCUT2D eigenvalue weighted by atomic mass is 9.90. The second kappa shape index (κ2) is 8.54. The van der Waals surface area contributed by atoms with Crippen LogP contribution in [0.5, 0.6) is 5.75 Å². The molecule has 1 aliphatic heterocycles. The van der Waals surface area contributed by atoms with E-state index in [1.54, 1.807) is 7.05 Å². The zero-order valence-electron chi connectivity index (χ0n) is 13.0. The second-order valence-corrected chi connectivity index (χ2v) is 5.56. The third-order valence-electron chi connectivity index (χ3n) is 4.05. The highest BCUT2D eigenvalue weighted by molar-refractivity contribution is 5.81. The topological polar surface area (TPSA) is 67.4 Å². The molecule has 120 valence electrons. The van der Waals surface area contributed by atoms with Crippen molar-refractivity contribution in [1.82, 2.24) is 10.6 Å². The Morgan fingerprint density at radius 1 is 1.36 bits per heavy atom. The van der Waals surface area contributed by atoms with Crippen molar-refractivity contribution < 1.29 is 14.3 Å². The van der Waals surface area contributed by atoms with Gasteiger partial charge in [0.2, 0.25) is 0 Å². The second-order valence-electron chi connectivity index (χ2n) is 5.56. The van der Waals surface area contributed by atoms with E-state index in [0.717, 1.165) is 32.2 Å². The molecule has 1 fully saturated rings. The van der Waals surface area contributed by atoms with Gasteiger partial charge in [0, 0.05) is 19.9 Å². The Morgan fingerprint density at radius 2 is 2.05 bits per heavy atom. The predicted octanol–water partition coefficient (Wildman–Crippen LogP) is 1.63. The summed E-state index contributed by atoms with van der Waals surface area (Å²) in [6.45, 7) is 2.13. The number of hydrogen-bond acceptors (Lipinski definition) is 4. The van der Waals surface area contributed by atoms with Crippen molar-refractivity contribution in [3.63, 3.8) is 0 Å². The Hall–Kier alpha value is -1.88. The normalized spacial score (nSPS) is 16.8. The average Bonchev–Trinajstić information content (AvgIpc) is 2.59. The van der Waals surface area contributed by atoms with E-state index in [-0.39, 0.29) is 5.91 Å². The van der Waals surface area contributed by atoms with Gasteiger partial charge >= 0.3 is 0 Å². The molecule has 1 heterocycles. The SMILES string of the molecule is CNC(=O)C(CCC=O)Oc1ccc(C2CCNCC2)cc1. The van der Waals surface area contributed by atoms with Gasteiger partial charge in [-0.3, -0.25) is 4.79 Å². The number of piperidine rings is 1. The van der Waals surface area contributed by atoms with Crippen LogP contribution in [0.1, 0.15) is 37.2 Å². The van der Waals surface area contributed by atoms with Gasteiger partial charge in [0.05, 0.1) is 0 Å². The Labute approximate surface area is 131 Å². The van der Waals surface area contributed by atoms with E-state index in [9.17, 15) is 9.59 Å². The van der Waals surface area contributed by atoms with Crippen LogP contribution in [0.15, 0.2) is 24.3 Å². The van der Waals surface area contributed by atoms with Crippen LogP contribution in [0, 0.1) is 0 Å². The Kier molecular flexibility index (Phi) is 6.40. The first-order valence-electron chi connectivity index (χ1n) is 7.87. The molecule has 1 amide bonds. The summed E-state index contributed by atoms with van der Waals surface area (Å²) in [5.74, 6) is 1.06. The molecule has 0 radical (unpaired) electrons. The summed E-state index contributed by atoms with van der Waals surface area (Å²) in [6, 6.07) is 7.97. The smallest absolute Gasteiger partial charge is 0.260 e. The molecule has 1 saturated heterocycles. The van der Waals surface area contributed by atoms with Crippen molar-refractivity contribution in [3.05, 3.63) is 29.8 Å². The van der Waals surface area contributed by atoms with Crippen LogP contribution in [0.3, 0.4) is 0 Å². The van der Waals surface area contributed by atoms with Crippen molar-refractivity contribution in [2.24, 2.45) is 0 Å². The third kappa shape index (κ3) is 4.56. The number of benzene rings is 1. The van der Waals surface area contributed by atoms with Crippen LogP contribution >= 0.6 is 0 Å². The molecule has 5 heteroatoms. The van der Waals surface area contributed by atoms with Gasteiger partial charge < -0.3 is 20.2 Å². The van der Waals surface area contributed by atoms with Crippen LogP contribution < -0.4 is 15.4 Å². The number of carbonyl (C=O) groups excluding carboxylic acids is 2. The predicted molar refractivity (Wildman–Crippen MR) is 85.1 cm³/mol. The van der Waals surface area contributed by atoms with E-state index in [2.05, 4.69) is 22.8 Å². The quantitative estimate of drug-likeness (QED) is 0.751. The molecule has 1 unspecified atom stereocenters. The highest BCUT2D eigenvalue weighted by Crippen LogP contribution is 2.27. The van der Waals surface area contributed by atoms with E-state index >= 15 is 0 Å². The van der Waals surface area contributed by atoms with Crippen molar-refractivity contribution >= 4 is 12.2 Å². The monoisotopic (exact) mass is 304 g/mol. The van der Waals surface area contributed by atoms with Gasteiger partial charge in [-0.1, -0.05) is 12.1 Å². The number of rotatable bonds is 7. The number of ether oxygens (including phenoxy) is 1. The number of aldehydes is 1. The zero-order valence-corrected chi connectivity index (χ0v) is 13.0. The van der Waals surface area contributed by atoms with Gasteiger partial charge in [-0.25, -0.2) is 0 Å². The molecule has 2 N–H and O–H groups in total. The van der Waals surface area contributed by atoms with Gasteiger partial charge in [-0.2, -0.15) is 0 Å². The minimum atomic E-state index is -0.625. The summed E-state index contributed by atoms with van der Waals surface area (Å²) in [4.78, 5) is 22.3. The summed E-state index contributed by atoms with van der Waals surface area (Å²) in [5.41, 5.74) is 1.32. The molecule has 2 rings (SSSR count). The fourth-order valence-electron chi connectivity index (χ4n) is 2.76. The Morgan fingerprint density at radius 3 is 2.64 bits per heavy atom. The Bertz CT molecular complexity index is 481. The number of hydrogen-bond donors (Lipinski definition) is 2. The summed E-state index contributed by atoms with van der Waals surface area (Å²) < 4.78 is 5.73. The molecule has 1 aliphatic rings. The first-order chi connectivity index (χ1) is 10.7. The highest BCUT2D eigenvalue weighted by atomic mass is 16.5. The van der Waals surface area contributed by atoms with Gasteiger partial charge in [0.1, 0.15) is 12.0 Å². The summed E-state index contributed by atoms with van der Waals surface area (Å²) >= 11 is 0. The molecule has 22 heavy (non-hydrogen) atoms. The Balaban J connectivity index is 1.98. The minimum absolute atomic E-state index is 0.204. The van der Waals surface area contributed by atoms with Gasteiger partial charge in [0.15, 0.2) is 6.10 Å². The summed E-state index contributed by atoms with van der Waals surface area (Å²) in [7, 11) is 1.57. The lowest BCUT2D eigenvalue weighted by molar-refractivity contribution is -0.127. The molecule has 5 nitrogen and oxygen atoms in total. The number of likely N-dealkylation sites (N-methyl/N-ethyl adjacent to an activating group) is 1. The van der Waals surface area contributed by atoms with Crippen molar-refractivity contribution in [1.29, 1.82) is 0 Å².